The summed E-state index contributed by atoms with van der Waals surface area (Å²) in [6, 6.07) is 8.00. The molecule has 19 heavy (non-hydrogen) atoms. The quantitative estimate of drug-likeness (QED) is 0.325. The number of nitrogens with two attached hydrogens (primary N) is 1. The van der Waals surface area contributed by atoms with Crippen LogP contribution in [0.5, 0.6) is 5.75 Å². The maximum absolute atomic E-state index is 10.9. The van der Waals surface area contributed by atoms with Crippen molar-refractivity contribution in [2.75, 3.05) is 25.6 Å². The van der Waals surface area contributed by atoms with Gasteiger partial charge in [0.15, 0.2) is 0 Å². The van der Waals surface area contributed by atoms with Crippen LogP contribution in [0.4, 0.5) is 5.69 Å². The highest BCUT2D eigenvalue weighted by Crippen LogP contribution is 2.18. The van der Waals surface area contributed by atoms with Gasteiger partial charge in [0.1, 0.15) is 5.75 Å². The van der Waals surface area contributed by atoms with E-state index in [0.717, 1.165) is 31.6 Å². The normalized spacial score (nSPS) is 10.1. The number of carbonyl (C=O) groups excluding carboxylic acids is 1. The lowest BCUT2D eigenvalue weighted by Gasteiger charge is -2.19. The van der Waals surface area contributed by atoms with E-state index < -0.39 is 0 Å². The summed E-state index contributed by atoms with van der Waals surface area (Å²) in [4.78, 5) is 13.1. The number of hydrazine groups is 1. The Morgan fingerprint density at radius 2 is 1.95 bits per heavy atom. The smallest absolute Gasteiger partial charge is 0.233 e. The van der Waals surface area contributed by atoms with E-state index in [1.807, 2.05) is 24.3 Å². The minimum Gasteiger partial charge on any atom is -0.497 e. The fourth-order valence-electron chi connectivity index (χ4n) is 1.85. The lowest BCUT2D eigenvalue weighted by molar-refractivity contribution is -0.121. The number of amides is 1. The van der Waals surface area contributed by atoms with Crippen LogP contribution >= 0.6 is 0 Å². The van der Waals surface area contributed by atoms with Crippen molar-refractivity contribution in [3.63, 3.8) is 0 Å². The topological polar surface area (TPSA) is 67.6 Å². The van der Waals surface area contributed by atoms with Crippen molar-refractivity contribution in [3.05, 3.63) is 24.3 Å². The van der Waals surface area contributed by atoms with Crippen LogP contribution in [0, 0.1) is 0 Å². The van der Waals surface area contributed by atoms with Gasteiger partial charge in [-0.05, 0) is 37.1 Å². The third kappa shape index (κ3) is 5.61. The molecule has 0 aromatic heterocycles. The molecule has 0 unspecified atom stereocenters. The van der Waals surface area contributed by atoms with Gasteiger partial charge in [-0.15, -0.1) is 0 Å². The average molecular weight is 265 g/mol. The van der Waals surface area contributed by atoms with Gasteiger partial charge in [0, 0.05) is 25.7 Å². The third-order valence-electron chi connectivity index (χ3n) is 3.07. The van der Waals surface area contributed by atoms with Gasteiger partial charge in [-0.2, -0.15) is 0 Å². The van der Waals surface area contributed by atoms with Crippen LogP contribution in [-0.2, 0) is 4.79 Å². The van der Waals surface area contributed by atoms with Gasteiger partial charge in [-0.25, -0.2) is 5.84 Å². The van der Waals surface area contributed by atoms with Crippen molar-refractivity contribution in [1.82, 2.24) is 5.43 Å². The van der Waals surface area contributed by atoms with E-state index in [-0.39, 0.29) is 5.91 Å². The molecule has 0 aliphatic heterocycles. The van der Waals surface area contributed by atoms with Crippen LogP contribution in [0.3, 0.4) is 0 Å². The van der Waals surface area contributed by atoms with Gasteiger partial charge in [0.25, 0.3) is 0 Å². The summed E-state index contributed by atoms with van der Waals surface area (Å²) >= 11 is 0. The Kier molecular flexibility index (Phi) is 6.74. The van der Waals surface area contributed by atoms with Gasteiger partial charge < -0.3 is 9.64 Å². The summed E-state index contributed by atoms with van der Waals surface area (Å²) in [6.07, 6.45) is 3.45. The Labute approximate surface area is 114 Å². The molecule has 5 heteroatoms. The van der Waals surface area contributed by atoms with Crippen molar-refractivity contribution in [3.8, 4) is 5.75 Å². The van der Waals surface area contributed by atoms with Gasteiger partial charge >= 0.3 is 0 Å². The first-order valence-corrected chi connectivity index (χ1v) is 6.52. The third-order valence-corrected chi connectivity index (χ3v) is 3.07. The number of nitrogens with one attached hydrogen (secondary N) is 1. The number of rotatable bonds is 8. The summed E-state index contributed by atoms with van der Waals surface area (Å²) in [5, 5.41) is 0. The van der Waals surface area contributed by atoms with Gasteiger partial charge in [-0.3, -0.25) is 10.2 Å². The number of hydrogen-bond donors (Lipinski definition) is 2. The van der Waals surface area contributed by atoms with E-state index in [0.29, 0.717) is 6.42 Å². The van der Waals surface area contributed by atoms with Crippen LogP contribution in [0.1, 0.15) is 25.7 Å². The molecule has 1 rings (SSSR count). The summed E-state index contributed by atoms with van der Waals surface area (Å²) in [5.74, 6) is 5.79. The van der Waals surface area contributed by atoms with E-state index in [4.69, 9.17) is 10.6 Å². The van der Waals surface area contributed by atoms with Crippen LogP contribution < -0.4 is 20.9 Å². The maximum atomic E-state index is 10.9. The second-order valence-corrected chi connectivity index (χ2v) is 4.50. The Morgan fingerprint density at radius 3 is 2.53 bits per heavy atom. The van der Waals surface area contributed by atoms with E-state index in [9.17, 15) is 4.79 Å². The van der Waals surface area contributed by atoms with Crippen molar-refractivity contribution < 1.29 is 9.53 Å². The lowest BCUT2D eigenvalue weighted by atomic mass is 10.2. The van der Waals surface area contributed by atoms with Crippen LogP contribution in [-0.4, -0.2) is 26.6 Å². The fraction of sp³-hybridized carbons (Fsp3) is 0.500. The first-order valence-electron chi connectivity index (χ1n) is 6.52. The number of anilines is 1. The zero-order valence-electron chi connectivity index (χ0n) is 11.7. The van der Waals surface area contributed by atoms with Crippen LogP contribution in [0.2, 0.25) is 0 Å². The molecule has 0 aliphatic rings. The SMILES string of the molecule is COc1ccc(N(C)CCCCCC(=O)NN)cc1. The Balaban J connectivity index is 2.23. The minimum atomic E-state index is -0.0940. The predicted molar refractivity (Wildman–Crippen MR) is 77.1 cm³/mol. The van der Waals surface area contributed by atoms with Gasteiger partial charge in [-0.1, -0.05) is 6.42 Å². The molecule has 3 N–H and O–H groups in total. The zero-order valence-corrected chi connectivity index (χ0v) is 11.7. The van der Waals surface area contributed by atoms with E-state index in [1.54, 1.807) is 7.11 Å². The first-order chi connectivity index (χ1) is 9.17. The highest BCUT2D eigenvalue weighted by molar-refractivity contribution is 5.75. The summed E-state index contributed by atoms with van der Waals surface area (Å²) in [5.41, 5.74) is 3.31. The lowest BCUT2D eigenvalue weighted by Crippen LogP contribution is -2.29. The van der Waals surface area contributed by atoms with Gasteiger partial charge in [0.2, 0.25) is 5.91 Å². The molecular weight excluding hydrogens is 242 g/mol. The molecule has 0 saturated carbocycles. The van der Waals surface area contributed by atoms with Crippen molar-refractivity contribution >= 4 is 11.6 Å². The zero-order chi connectivity index (χ0) is 14.1. The number of unbranched alkanes of at least 4 members (excludes halogenated alkanes) is 2. The number of carbonyl (C=O) groups is 1. The monoisotopic (exact) mass is 265 g/mol. The number of methoxy groups -OCH3 is 1. The molecule has 0 atom stereocenters. The fourth-order valence-corrected chi connectivity index (χ4v) is 1.85. The van der Waals surface area contributed by atoms with Crippen molar-refractivity contribution in [1.29, 1.82) is 0 Å². The number of nitrogens with zero attached hydrogens (tertiary/aromatic N) is 1. The predicted octanol–water partition coefficient (Wildman–Crippen LogP) is 1.68. The minimum absolute atomic E-state index is 0.0940. The van der Waals surface area contributed by atoms with Crippen LogP contribution in [0.15, 0.2) is 24.3 Å². The second-order valence-electron chi connectivity index (χ2n) is 4.50. The van der Waals surface area contributed by atoms with E-state index in [2.05, 4.69) is 17.4 Å². The largest absolute Gasteiger partial charge is 0.497 e. The molecule has 0 bridgehead atoms. The van der Waals surface area contributed by atoms with Gasteiger partial charge in [0.05, 0.1) is 7.11 Å². The maximum Gasteiger partial charge on any atom is 0.233 e. The average Bonchev–Trinajstić information content (AvgIpc) is 2.46. The Morgan fingerprint density at radius 1 is 1.26 bits per heavy atom. The highest BCUT2D eigenvalue weighted by atomic mass is 16.5. The first kappa shape index (κ1) is 15.3. The van der Waals surface area contributed by atoms with Crippen LogP contribution in [0.25, 0.3) is 0 Å². The molecule has 0 radical (unpaired) electrons. The molecule has 5 nitrogen and oxygen atoms in total. The molecule has 106 valence electrons. The molecule has 1 aromatic carbocycles. The number of ether oxygens (including phenoxy) is 1. The standard InChI is InChI=1S/C14H23N3O2/c1-17(11-5-3-4-6-14(18)16-15)12-7-9-13(19-2)10-8-12/h7-10H,3-6,11,15H2,1-2H3,(H,16,18). The number of hydrogen-bond acceptors (Lipinski definition) is 4. The molecule has 0 fully saturated rings. The Bertz CT molecular complexity index is 379. The molecule has 0 heterocycles. The molecule has 1 amide bonds. The number of benzene rings is 1. The Hall–Kier alpha value is -1.75. The van der Waals surface area contributed by atoms with Crippen molar-refractivity contribution in [2.45, 2.75) is 25.7 Å². The summed E-state index contributed by atoms with van der Waals surface area (Å²) in [7, 11) is 3.73. The van der Waals surface area contributed by atoms with Crippen molar-refractivity contribution in [2.24, 2.45) is 5.84 Å². The highest BCUT2D eigenvalue weighted by Gasteiger charge is 2.02. The molecule has 0 saturated heterocycles. The summed E-state index contributed by atoms with van der Waals surface area (Å²) < 4.78 is 5.13. The molecule has 0 spiro atoms. The summed E-state index contributed by atoms with van der Waals surface area (Å²) in [6.45, 7) is 0.969. The second kappa shape index (κ2) is 8.37. The van der Waals surface area contributed by atoms with E-state index >= 15 is 0 Å². The molecule has 0 aliphatic carbocycles. The molecule has 1 aromatic rings. The molecular formula is C14H23N3O2. The van der Waals surface area contributed by atoms with E-state index in [1.165, 1.54) is 5.69 Å².